The molecular weight excluding hydrogens is 338 g/mol. The fourth-order valence-corrected chi connectivity index (χ4v) is 2.02. The van der Waals surface area contributed by atoms with Gasteiger partial charge in [0.15, 0.2) is 0 Å². The largest absolute Gasteiger partial charge is 0.481 e. The molecule has 0 aromatic carbocycles. The van der Waals surface area contributed by atoms with Gasteiger partial charge in [-0.1, -0.05) is 0 Å². The number of aromatic nitrogens is 3. The second-order valence-electron chi connectivity index (χ2n) is 6.37. The molecule has 0 aliphatic carbocycles. The molecule has 0 saturated carbocycles. The summed E-state index contributed by atoms with van der Waals surface area (Å²) in [5.41, 5.74) is 0.727. The van der Waals surface area contributed by atoms with Crippen LogP contribution in [0.4, 0.5) is 16.3 Å². The summed E-state index contributed by atoms with van der Waals surface area (Å²) in [7, 11) is 1.49. The van der Waals surface area contributed by atoms with Gasteiger partial charge in [-0.2, -0.15) is 0 Å². The molecule has 0 spiro atoms. The van der Waals surface area contributed by atoms with E-state index in [0.29, 0.717) is 22.8 Å². The predicted octanol–water partition coefficient (Wildman–Crippen LogP) is 2.85. The van der Waals surface area contributed by atoms with Crippen molar-refractivity contribution in [3.05, 3.63) is 24.7 Å². The van der Waals surface area contributed by atoms with Crippen molar-refractivity contribution in [2.75, 3.05) is 17.7 Å². The van der Waals surface area contributed by atoms with Crippen molar-refractivity contribution in [1.82, 2.24) is 15.0 Å². The maximum Gasteiger partial charge on any atom is 0.412 e. The van der Waals surface area contributed by atoms with E-state index in [-0.39, 0.29) is 11.7 Å². The Kier molecular flexibility index (Phi) is 5.71. The van der Waals surface area contributed by atoms with Gasteiger partial charge in [0.2, 0.25) is 11.8 Å². The van der Waals surface area contributed by atoms with E-state index >= 15 is 0 Å². The number of hydrogen-bond acceptors (Lipinski definition) is 7. The number of ether oxygens (including phenoxy) is 2. The quantitative estimate of drug-likeness (QED) is 0.862. The van der Waals surface area contributed by atoms with Crippen molar-refractivity contribution in [3.8, 4) is 17.1 Å². The Labute approximate surface area is 151 Å². The minimum atomic E-state index is -0.657. The van der Waals surface area contributed by atoms with Crippen molar-refractivity contribution >= 4 is 23.5 Å². The molecule has 0 radical (unpaired) electrons. The zero-order valence-corrected chi connectivity index (χ0v) is 15.3. The Hall–Kier alpha value is -3.23. The molecule has 2 rings (SSSR count). The van der Waals surface area contributed by atoms with Gasteiger partial charge in [0.05, 0.1) is 18.5 Å². The lowest BCUT2D eigenvalue weighted by Crippen LogP contribution is -2.27. The first-order valence-electron chi connectivity index (χ1n) is 7.82. The second kappa shape index (κ2) is 7.77. The second-order valence-corrected chi connectivity index (χ2v) is 6.37. The van der Waals surface area contributed by atoms with Crippen LogP contribution in [-0.2, 0) is 9.53 Å². The molecular formula is C17H21N5O4. The Morgan fingerprint density at radius 2 is 1.81 bits per heavy atom. The van der Waals surface area contributed by atoms with Crippen molar-refractivity contribution in [3.63, 3.8) is 0 Å². The van der Waals surface area contributed by atoms with Gasteiger partial charge < -0.3 is 14.8 Å². The van der Waals surface area contributed by atoms with E-state index < -0.39 is 11.7 Å². The highest BCUT2D eigenvalue weighted by Crippen LogP contribution is 2.29. The fourth-order valence-electron chi connectivity index (χ4n) is 2.02. The zero-order valence-electron chi connectivity index (χ0n) is 15.3. The van der Waals surface area contributed by atoms with Crippen molar-refractivity contribution in [2.45, 2.75) is 33.3 Å². The molecule has 138 valence electrons. The van der Waals surface area contributed by atoms with Crippen molar-refractivity contribution < 1.29 is 19.1 Å². The van der Waals surface area contributed by atoms with E-state index in [0.717, 1.165) is 0 Å². The van der Waals surface area contributed by atoms with Crippen LogP contribution in [0.25, 0.3) is 11.3 Å². The average molecular weight is 359 g/mol. The number of carbonyl (C=O) groups is 2. The zero-order chi connectivity index (χ0) is 19.3. The van der Waals surface area contributed by atoms with Crippen LogP contribution in [0.1, 0.15) is 27.7 Å². The van der Waals surface area contributed by atoms with E-state index in [9.17, 15) is 9.59 Å². The van der Waals surface area contributed by atoms with Crippen LogP contribution in [-0.4, -0.2) is 39.7 Å². The lowest BCUT2D eigenvalue weighted by atomic mass is 10.1. The Morgan fingerprint density at radius 1 is 1.08 bits per heavy atom. The molecule has 2 aromatic rings. The van der Waals surface area contributed by atoms with Crippen molar-refractivity contribution in [2.24, 2.45) is 0 Å². The topological polar surface area (TPSA) is 115 Å². The molecule has 2 N–H and O–H groups in total. The van der Waals surface area contributed by atoms with Gasteiger partial charge in [-0.3, -0.25) is 10.1 Å². The predicted molar refractivity (Wildman–Crippen MR) is 96.0 cm³/mol. The minimum absolute atomic E-state index is 0.280. The Bertz CT molecular complexity index is 817. The lowest BCUT2D eigenvalue weighted by Gasteiger charge is -2.20. The highest BCUT2D eigenvalue weighted by atomic mass is 16.6. The highest BCUT2D eigenvalue weighted by molar-refractivity contribution is 5.94. The van der Waals surface area contributed by atoms with E-state index in [1.54, 1.807) is 26.8 Å². The van der Waals surface area contributed by atoms with E-state index in [2.05, 4.69) is 25.6 Å². The number of carbonyl (C=O) groups excluding carboxylic acids is 2. The highest BCUT2D eigenvalue weighted by Gasteiger charge is 2.19. The maximum atomic E-state index is 12.2. The Morgan fingerprint density at radius 3 is 2.42 bits per heavy atom. The van der Waals surface area contributed by atoms with Crippen LogP contribution in [0.3, 0.4) is 0 Å². The van der Waals surface area contributed by atoms with Gasteiger partial charge in [-0.05, 0) is 20.8 Å². The van der Waals surface area contributed by atoms with Crippen LogP contribution in [0.2, 0.25) is 0 Å². The van der Waals surface area contributed by atoms with E-state index in [1.807, 2.05) is 0 Å². The van der Waals surface area contributed by atoms with Gasteiger partial charge in [0.25, 0.3) is 0 Å². The first-order valence-corrected chi connectivity index (χ1v) is 7.82. The smallest absolute Gasteiger partial charge is 0.412 e. The first kappa shape index (κ1) is 19.1. The summed E-state index contributed by atoms with van der Waals surface area (Å²) in [4.78, 5) is 35.7. The lowest BCUT2D eigenvalue weighted by molar-refractivity contribution is -0.114. The molecule has 0 saturated heterocycles. The third-order valence-electron chi connectivity index (χ3n) is 2.97. The van der Waals surface area contributed by atoms with Crippen LogP contribution >= 0.6 is 0 Å². The number of pyridine rings is 1. The summed E-state index contributed by atoms with van der Waals surface area (Å²) in [6.45, 7) is 6.65. The maximum absolute atomic E-state index is 12.2. The molecule has 0 fully saturated rings. The van der Waals surface area contributed by atoms with Gasteiger partial charge in [0.1, 0.15) is 17.7 Å². The summed E-state index contributed by atoms with van der Waals surface area (Å²) in [5, 5.41) is 5.23. The van der Waals surface area contributed by atoms with Crippen molar-refractivity contribution in [1.29, 1.82) is 0 Å². The third-order valence-corrected chi connectivity index (χ3v) is 2.97. The van der Waals surface area contributed by atoms with E-state index in [1.165, 1.54) is 32.6 Å². The first-order chi connectivity index (χ1) is 12.2. The number of rotatable bonds is 4. The molecule has 0 aliphatic heterocycles. The molecule has 0 atom stereocenters. The average Bonchev–Trinajstić information content (AvgIpc) is 2.52. The molecule has 2 aromatic heterocycles. The van der Waals surface area contributed by atoms with Gasteiger partial charge >= 0.3 is 6.09 Å². The number of anilines is 2. The standard InChI is InChI=1S/C17H21N5O4/c1-10(23)21-14-6-13(22-16(24)26-17(2,3)4)11(8-18-14)12-7-15(25-5)20-9-19-12/h6-9H,1-5H3,(H2,18,21,22,23,24). The monoisotopic (exact) mass is 359 g/mol. The number of nitrogens with one attached hydrogen (secondary N) is 2. The molecule has 0 bridgehead atoms. The van der Waals surface area contributed by atoms with Gasteiger partial charge in [-0.25, -0.2) is 19.7 Å². The number of methoxy groups -OCH3 is 1. The molecule has 2 amide bonds. The van der Waals surface area contributed by atoms with Crippen LogP contribution in [0, 0.1) is 0 Å². The number of amides is 2. The van der Waals surface area contributed by atoms with E-state index in [4.69, 9.17) is 9.47 Å². The summed E-state index contributed by atoms with van der Waals surface area (Å²) in [5.74, 6) is 0.370. The molecule has 9 heteroatoms. The summed E-state index contributed by atoms with van der Waals surface area (Å²) in [6, 6.07) is 3.13. The normalized spacial score (nSPS) is 10.8. The van der Waals surface area contributed by atoms with Gasteiger partial charge in [-0.15, -0.1) is 0 Å². The van der Waals surface area contributed by atoms with Gasteiger partial charge in [0, 0.05) is 30.8 Å². The molecule has 0 unspecified atom stereocenters. The molecule has 26 heavy (non-hydrogen) atoms. The third kappa shape index (κ3) is 5.40. The fraction of sp³-hybridized carbons (Fsp3) is 0.353. The Balaban J connectivity index is 2.42. The van der Waals surface area contributed by atoms with Crippen LogP contribution < -0.4 is 15.4 Å². The molecule has 0 aliphatic rings. The van der Waals surface area contributed by atoms with Crippen LogP contribution in [0.15, 0.2) is 24.7 Å². The molecule has 9 nitrogen and oxygen atoms in total. The number of nitrogens with zero attached hydrogens (tertiary/aromatic N) is 3. The number of hydrogen-bond donors (Lipinski definition) is 2. The molecule has 2 heterocycles. The minimum Gasteiger partial charge on any atom is -0.481 e. The summed E-state index contributed by atoms with van der Waals surface area (Å²) in [6.07, 6.45) is 2.19. The SMILES string of the molecule is COc1cc(-c2cnc(NC(C)=O)cc2NC(=O)OC(C)(C)C)ncn1. The summed E-state index contributed by atoms with van der Waals surface area (Å²) >= 11 is 0. The van der Waals surface area contributed by atoms with Crippen LogP contribution in [0.5, 0.6) is 5.88 Å². The summed E-state index contributed by atoms with van der Waals surface area (Å²) < 4.78 is 10.4.